The van der Waals surface area contributed by atoms with Crippen LogP contribution in [0, 0.1) is 0 Å². The number of rotatable bonds is 2. The van der Waals surface area contributed by atoms with Gasteiger partial charge in [-0.15, -0.1) is 0 Å². The summed E-state index contributed by atoms with van der Waals surface area (Å²) in [5, 5.41) is 12.1. The molecule has 1 aromatic heterocycles. The molecule has 2 aromatic carbocycles. The van der Waals surface area contributed by atoms with E-state index in [1.54, 1.807) is 11.3 Å². The van der Waals surface area contributed by atoms with Crippen molar-refractivity contribution in [2.75, 3.05) is 10.6 Å². The maximum absolute atomic E-state index is 13.3. The number of hydrogen-bond acceptors (Lipinski definition) is 4. The van der Waals surface area contributed by atoms with Gasteiger partial charge >= 0.3 is 0 Å². The molecule has 0 amide bonds. The summed E-state index contributed by atoms with van der Waals surface area (Å²) in [5.74, 6) is 0.356. The Bertz CT molecular complexity index is 1060. The van der Waals surface area contributed by atoms with E-state index in [2.05, 4.69) is 39.6 Å². The Morgan fingerprint density at radius 2 is 1.71 bits per heavy atom. The number of thiophene rings is 1. The maximum atomic E-state index is 13.3. The second kappa shape index (κ2) is 7.12. The largest absolute Gasteiger partial charge is 0.372 e. The molecule has 0 saturated carbocycles. The van der Waals surface area contributed by atoms with Crippen molar-refractivity contribution < 1.29 is 4.79 Å². The van der Waals surface area contributed by atoms with E-state index in [-0.39, 0.29) is 17.7 Å². The number of anilines is 2. The second-order valence-electron chi connectivity index (χ2n) is 7.28. The minimum atomic E-state index is -0.129. The predicted molar refractivity (Wildman–Crippen MR) is 116 cm³/mol. The van der Waals surface area contributed by atoms with Crippen LogP contribution in [-0.4, -0.2) is 5.78 Å². The first kappa shape index (κ1) is 17.5. The van der Waals surface area contributed by atoms with Crippen molar-refractivity contribution in [1.29, 1.82) is 0 Å². The monoisotopic (exact) mass is 406 g/mol. The van der Waals surface area contributed by atoms with E-state index >= 15 is 0 Å². The van der Waals surface area contributed by atoms with Crippen molar-refractivity contribution in [3.8, 4) is 0 Å². The normalized spacial score (nSPS) is 21.2. The Hall–Kier alpha value is -2.56. The summed E-state index contributed by atoms with van der Waals surface area (Å²) in [6.45, 7) is 0. The van der Waals surface area contributed by atoms with Crippen LogP contribution in [0.2, 0.25) is 5.02 Å². The van der Waals surface area contributed by atoms with Crippen molar-refractivity contribution in [2.45, 2.75) is 24.8 Å². The van der Waals surface area contributed by atoms with Gasteiger partial charge in [0.1, 0.15) is 0 Å². The molecule has 1 aliphatic heterocycles. The molecule has 3 aromatic rings. The van der Waals surface area contributed by atoms with Gasteiger partial charge in [0.2, 0.25) is 0 Å². The number of carbonyl (C=O) groups is 1. The third-order valence-corrected chi connectivity index (χ3v) is 6.48. The second-order valence-corrected chi connectivity index (χ2v) is 8.49. The summed E-state index contributed by atoms with van der Waals surface area (Å²) in [6.07, 6.45) is 1.32. The molecule has 2 atom stereocenters. The van der Waals surface area contributed by atoms with Crippen LogP contribution in [0.4, 0.5) is 11.4 Å². The number of Topliss-reactive ketones (excluding diaryl/α,β-unsaturated/α-hetero) is 1. The smallest absolute Gasteiger partial charge is 0.163 e. The number of ketones is 1. The van der Waals surface area contributed by atoms with Gasteiger partial charge in [-0.1, -0.05) is 35.9 Å². The quantitative estimate of drug-likeness (QED) is 0.518. The van der Waals surface area contributed by atoms with Crippen LogP contribution in [0.25, 0.3) is 0 Å². The van der Waals surface area contributed by atoms with Gasteiger partial charge in [0.05, 0.1) is 17.4 Å². The lowest BCUT2D eigenvalue weighted by molar-refractivity contribution is -0.116. The van der Waals surface area contributed by atoms with Gasteiger partial charge in [-0.3, -0.25) is 4.79 Å². The highest BCUT2D eigenvalue weighted by atomic mass is 35.5. The summed E-state index contributed by atoms with van der Waals surface area (Å²) in [7, 11) is 0. The summed E-state index contributed by atoms with van der Waals surface area (Å²) in [6, 6.07) is 18.0. The van der Waals surface area contributed by atoms with Crippen molar-refractivity contribution in [2.24, 2.45) is 0 Å². The summed E-state index contributed by atoms with van der Waals surface area (Å²) >= 11 is 7.70. The lowest BCUT2D eigenvalue weighted by Crippen LogP contribution is -2.26. The molecule has 0 unspecified atom stereocenters. The fourth-order valence-corrected chi connectivity index (χ4v) is 4.96. The Kier molecular flexibility index (Phi) is 4.46. The highest BCUT2D eigenvalue weighted by molar-refractivity contribution is 7.08. The number of fused-ring (bicyclic) bond motifs is 1. The van der Waals surface area contributed by atoms with E-state index in [1.807, 2.05) is 36.4 Å². The topological polar surface area (TPSA) is 41.1 Å². The number of para-hydroxylation sites is 2. The average Bonchev–Trinajstić information content (AvgIpc) is 3.17. The predicted octanol–water partition coefficient (Wildman–Crippen LogP) is 6.38. The number of hydrogen-bond donors (Lipinski definition) is 2. The standard InChI is InChI=1S/C23H19ClN2OS/c24-17-7-5-14(6-8-17)16-11-20-22(21(27)12-16)23(15-9-10-28-13-15)26-19-4-2-1-3-18(19)25-20/h1-10,13,16,23,25-26H,11-12H2/t16-,23-/m0/s1. The van der Waals surface area contributed by atoms with Gasteiger partial charge in [0, 0.05) is 22.7 Å². The Morgan fingerprint density at radius 3 is 2.46 bits per heavy atom. The first-order chi connectivity index (χ1) is 13.7. The summed E-state index contributed by atoms with van der Waals surface area (Å²) in [5.41, 5.74) is 6.20. The number of allylic oxidation sites excluding steroid dienone is 1. The first-order valence-electron chi connectivity index (χ1n) is 9.35. The first-order valence-corrected chi connectivity index (χ1v) is 10.7. The van der Waals surface area contributed by atoms with Crippen molar-refractivity contribution in [3.63, 3.8) is 0 Å². The molecule has 1 aliphatic carbocycles. The summed E-state index contributed by atoms with van der Waals surface area (Å²) < 4.78 is 0. The fourth-order valence-electron chi connectivity index (χ4n) is 4.15. The molecule has 0 bridgehead atoms. The van der Waals surface area contributed by atoms with Gasteiger partial charge in [-0.25, -0.2) is 0 Å². The molecule has 2 heterocycles. The zero-order chi connectivity index (χ0) is 19.1. The zero-order valence-corrected chi connectivity index (χ0v) is 16.7. The van der Waals surface area contributed by atoms with Crippen molar-refractivity contribution in [1.82, 2.24) is 0 Å². The molecule has 5 rings (SSSR count). The molecule has 2 N–H and O–H groups in total. The molecular formula is C23H19ClN2OS. The van der Waals surface area contributed by atoms with Gasteiger partial charge in [0.15, 0.2) is 5.78 Å². The van der Waals surface area contributed by atoms with Crippen LogP contribution in [-0.2, 0) is 4.79 Å². The number of nitrogens with one attached hydrogen (secondary N) is 2. The molecule has 0 fully saturated rings. The third kappa shape index (κ3) is 3.13. The van der Waals surface area contributed by atoms with Gasteiger partial charge in [-0.2, -0.15) is 11.3 Å². The minimum Gasteiger partial charge on any atom is -0.372 e. The maximum Gasteiger partial charge on any atom is 0.163 e. The lowest BCUT2D eigenvalue weighted by Gasteiger charge is -2.29. The molecular weight excluding hydrogens is 388 g/mol. The number of carbonyl (C=O) groups excluding carboxylic acids is 1. The van der Waals surface area contributed by atoms with Gasteiger partial charge < -0.3 is 10.6 Å². The third-order valence-electron chi connectivity index (χ3n) is 5.53. The van der Waals surface area contributed by atoms with Gasteiger partial charge in [0.25, 0.3) is 0 Å². The highest BCUT2D eigenvalue weighted by Gasteiger charge is 2.36. The molecule has 5 heteroatoms. The van der Waals surface area contributed by atoms with Crippen molar-refractivity contribution >= 4 is 40.1 Å². The fraction of sp³-hybridized carbons (Fsp3) is 0.174. The lowest BCUT2D eigenvalue weighted by atomic mass is 9.79. The van der Waals surface area contributed by atoms with Crippen LogP contribution in [0.1, 0.15) is 35.9 Å². The van der Waals surface area contributed by atoms with Crippen LogP contribution >= 0.6 is 22.9 Å². The molecule has 0 saturated heterocycles. The van der Waals surface area contributed by atoms with Crippen molar-refractivity contribution in [3.05, 3.63) is 92.8 Å². The van der Waals surface area contributed by atoms with E-state index in [4.69, 9.17) is 11.6 Å². The highest BCUT2D eigenvalue weighted by Crippen LogP contribution is 2.44. The molecule has 3 nitrogen and oxygen atoms in total. The van der Waals surface area contributed by atoms with E-state index in [0.717, 1.165) is 40.2 Å². The van der Waals surface area contributed by atoms with Crippen LogP contribution < -0.4 is 10.6 Å². The number of halogens is 1. The SMILES string of the molecule is O=C1C[C@@H](c2ccc(Cl)cc2)CC2=C1[C@H](c1ccsc1)Nc1ccccc1N2. The molecule has 140 valence electrons. The van der Waals surface area contributed by atoms with Crippen LogP contribution in [0.3, 0.4) is 0 Å². The van der Waals surface area contributed by atoms with E-state index < -0.39 is 0 Å². The average molecular weight is 407 g/mol. The van der Waals surface area contributed by atoms with Gasteiger partial charge in [-0.05, 0) is 64.6 Å². The van der Waals surface area contributed by atoms with Crippen LogP contribution in [0.15, 0.2) is 76.6 Å². The molecule has 28 heavy (non-hydrogen) atoms. The zero-order valence-electron chi connectivity index (χ0n) is 15.1. The summed E-state index contributed by atoms with van der Waals surface area (Å²) in [4.78, 5) is 13.3. The Labute approximate surface area is 173 Å². The Morgan fingerprint density at radius 1 is 0.929 bits per heavy atom. The van der Waals surface area contributed by atoms with E-state index in [9.17, 15) is 4.79 Å². The molecule has 2 aliphatic rings. The van der Waals surface area contributed by atoms with Crippen LogP contribution in [0.5, 0.6) is 0 Å². The molecule has 0 radical (unpaired) electrons. The molecule has 0 spiro atoms. The minimum absolute atomic E-state index is 0.129. The number of benzene rings is 2. The van der Waals surface area contributed by atoms with E-state index in [0.29, 0.717) is 11.4 Å². The Balaban J connectivity index is 1.59. The van der Waals surface area contributed by atoms with E-state index in [1.165, 1.54) is 0 Å².